The molecule has 0 radical (unpaired) electrons. The molecule has 0 fully saturated rings. The minimum absolute atomic E-state index is 0.210. The standard InChI is InChI=1S/C27H25N3O4/c1-3-21-16-25(31)30-26(28-21)19-10-7-11-22(14-19)29-27(32)20-12-13-23(24(15-20)33-2)34-17-18-8-5-4-6-9-18/h4-16H,3,17H2,1-2H3,(H,29,32)(H,28,30,31). The number of benzene rings is 3. The molecule has 34 heavy (non-hydrogen) atoms. The van der Waals surface area contributed by atoms with Crippen LogP contribution in [0.4, 0.5) is 5.69 Å². The molecule has 4 rings (SSSR count). The summed E-state index contributed by atoms with van der Waals surface area (Å²) in [7, 11) is 1.54. The maximum atomic E-state index is 12.9. The van der Waals surface area contributed by atoms with Gasteiger partial charge in [0.05, 0.1) is 7.11 Å². The Morgan fingerprint density at radius 3 is 2.56 bits per heavy atom. The van der Waals surface area contributed by atoms with Gasteiger partial charge in [-0.3, -0.25) is 9.59 Å². The summed E-state index contributed by atoms with van der Waals surface area (Å²) in [5.41, 5.74) is 3.23. The van der Waals surface area contributed by atoms with Crippen LogP contribution in [0.15, 0.2) is 83.7 Å². The topological polar surface area (TPSA) is 93.3 Å². The van der Waals surface area contributed by atoms with E-state index in [-0.39, 0.29) is 11.5 Å². The molecule has 0 bridgehead atoms. The molecule has 0 spiro atoms. The fourth-order valence-corrected chi connectivity index (χ4v) is 3.44. The Kier molecular flexibility index (Phi) is 7.03. The van der Waals surface area contributed by atoms with Gasteiger partial charge in [-0.2, -0.15) is 0 Å². The Balaban J connectivity index is 1.50. The number of H-pyrrole nitrogens is 1. The van der Waals surface area contributed by atoms with Gasteiger partial charge in [-0.15, -0.1) is 0 Å². The smallest absolute Gasteiger partial charge is 0.255 e. The fourth-order valence-electron chi connectivity index (χ4n) is 3.44. The van der Waals surface area contributed by atoms with Crippen molar-refractivity contribution >= 4 is 11.6 Å². The SMILES string of the molecule is CCc1cc(=O)[nH]c(-c2cccc(NC(=O)c3ccc(OCc4ccccc4)c(OC)c3)c2)n1. The summed E-state index contributed by atoms with van der Waals surface area (Å²) < 4.78 is 11.3. The average molecular weight is 456 g/mol. The minimum Gasteiger partial charge on any atom is -0.493 e. The molecule has 1 amide bonds. The highest BCUT2D eigenvalue weighted by Gasteiger charge is 2.13. The fraction of sp³-hybridized carbons (Fsp3) is 0.148. The van der Waals surface area contributed by atoms with Crippen molar-refractivity contribution < 1.29 is 14.3 Å². The number of carbonyl (C=O) groups excluding carboxylic acids is 1. The Labute approximate surface area is 197 Å². The van der Waals surface area contributed by atoms with E-state index in [1.807, 2.05) is 43.3 Å². The maximum Gasteiger partial charge on any atom is 0.255 e. The number of nitrogens with one attached hydrogen (secondary N) is 2. The van der Waals surface area contributed by atoms with Crippen LogP contribution in [0.3, 0.4) is 0 Å². The summed E-state index contributed by atoms with van der Waals surface area (Å²) in [6.45, 7) is 2.33. The van der Waals surface area contributed by atoms with E-state index < -0.39 is 0 Å². The van der Waals surface area contributed by atoms with Crippen molar-refractivity contribution in [3.05, 3.63) is 106 Å². The molecule has 0 unspecified atom stereocenters. The van der Waals surface area contributed by atoms with Crippen molar-refractivity contribution in [3.8, 4) is 22.9 Å². The van der Waals surface area contributed by atoms with Crippen molar-refractivity contribution in [1.29, 1.82) is 0 Å². The van der Waals surface area contributed by atoms with Crippen molar-refractivity contribution in [3.63, 3.8) is 0 Å². The molecule has 7 nitrogen and oxygen atoms in total. The summed E-state index contributed by atoms with van der Waals surface area (Å²) in [5, 5.41) is 2.89. The first-order chi connectivity index (χ1) is 16.6. The summed E-state index contributed by atoms with van der Waals surface area (Å²) >= 11 is 0. The summed E-state index contributed by atoms with van der Waals surface area (Å²) in [6.07, 6.45) is 0.653. The van der Waals surface area contributed by atoms with E-state index in [9.17, 15) is 9.59 Å². The quantitative estimate of drug-likeness (QED) is 0.397. The molecule has 0 aliphatic heterocycles. The summed E-state index contributed by atoms with van der Waals surface area (Å²) in [4.78, 5) is 32.0. The predicted octanol–water partition coefficient (Wildman–Crippen LogP) is 4.84. The van der Waals surface area contributed by atoms with Gasteiger partial charge >= 0.3 is 0 Å². The molecule has 0 saturated heterocycles. The van der Waals surface area contributed by atoms with Gasteiger partial charge in [0.15, 0.2) is 11.5 Å². The molecule has 0 atom stereocenters. The molecule has 1 heterocycles. The largest absolute Gasteiger partial charge is 0.493 e. The molecular weight excluding hydrogens is 430 g/mol. The number of amides is 1. The highest BCUT2D eigenvalue weighted by molar-refractivity contribution is 6.04. The van der Waals surface area contributed by atoms with Gasteiger partial charge < -0.3 is 19.8 Å². The zero-order chi connectivity index (χ0) is 23.9. The normalized spacial score (nSPS) is 10.5. The first-order valence-electron chi connectivity index (χ1n) is 10.9. The number of anilines is 1. The second kappa shape index (κ2) is 10.5. The van der Waals surface area contributed by atoms with Crippen LogP contribution in [0, 0.1) is 0 Å². The third kappa shape index (κ3) is 5.50. The van der Waals surface area contributed by atoms with Gasteiger partial charge in [0.2, 0.25) is 0 Å². The molecule has 0 aliphatic carbocycles. The number of rotatable bonds is 8. The van der Waals surface area contributed by atoms with Crippen LogP contribution in [-0.4, -0.2) is 23.0 Å². The van der Waals surface area contributed by atoms with Crippen LogP contribution in [0.1, 0.15) is 28.5 Å². The van der Waals surface area contributed by atoms with Crippen LogP contribution in [0.25, 0.3) is 11.4 Å². The van der Waals surface area contributed by atoms with Gasteiger partial charge in [-0.1, -0.05) is 49.4 Å². The van der Waals surface area contributed by atoms with Crippen molar-refractivity contribution in [1.82, 2.24) is 9.97 Å². The molecule has 0 aliphatic rings. The van der Waals surface area contributed by atoms with E-state index in [1.165, 1.54) is 13.2 Å². The Morgan fingerprint density at radius 1 is 0.971 bits per heavy atom. The molecule has 7 heteroatoms. The lowest BCUT2D eigenvalue weighted by molar-refractivity contribution is 0.102. The third-order valence-corrected chi connectivity index (χ3v) is 5.21. The number of aryl methyl sites for hydroxylation is 1. The lowest BCUT2D eigenvalue weighted by Crippen LogP contribution is -2.13. The second-order valence-corrected chi connectivity index (χ2v) is 7.61. The summed E-state index contributed by atoms with van der Waals surface area (Å²) in [5.74, 6) is 1.18. The molecule has 2 N–H and O–H groups in total. The van der Waals surface area contributed by atoms with Crippen LogP contribution >= 0.6 is 0 Å². The number of hydrogen-bond acceptors (Lipinski definition) is 5. The molecule has 4 aromatic rings. The average Bonchev–Trinajstić information content (AvgIpc) is 2.87. The van der Waals surface area contributed by atoms with E-state index in [1.54, 1.807) is 36.4 Å². The first-order valence-corrected chi connectivity index (χ1v) is 10.9. The highest BCUT2D eigenvalue weighted by atomic mass is 16.5. The van der Waals surface area contributed by atoms with Crippen LogP contribution in [0.2, 0.25) is 0 Å². The number of aromatic amines is 1. The van der Waals surface area contributed by atoms with E-state index in [0.717, 1.165) is 5.56 Å². The molecule has 3 aromatic carbocycles. The van der Waals surface area contributed by atoms with Gasteiger partial charge in [-0.05, 0) is 42.3 Å². The molecule has 172 valence electrons. The van der Waals surface area contributed by atoms with Gasteiger partial charge in [0.25, 0.3) is 11.5 Å². The number of carbonyl (C=O) groups is 1. The van der Waals surface area contributed by atoms with Crippen LogP contribution < -0.4 is 20.3 Å². The lowest BCUT2D eigenvalue weighted by atomic mass is 10.1. The van der Waals surface area contributed by atoms with Crippen molar-refractivity contribution in [2.24, 2.45) is 0 Å². The number of ether oxygens (including phenoxy) is 2. The second-order valence-electron chi connectivity index (χ2n) is 7.61. The molecular formula is C27H25N3O4. The van der Waals surface area contributed by atoms with E-state index in [2.05, 4.69) is 15.3 Å². The Bertz CT molecular complexity index is 1350. The Hall–Kier alpha value is -4.39. The Morgan fingerprint density at radius 2 is 1.79 bits per heavy atom. The zero-order valence-corrected chi connectivity index (χ0v) is 19.0. The van der Waals surface area contributed by atoms with Crippen molar-refractivity contribution in [2.45, 2.75) is 20.0 Å². The first kappa shape index (κ1) is 22.8. The number of aromatic nitrogens is 2. The van der Waals surface area contributed by atoms with Gasteiger partial charge in [0, 0.05) is 28.6 Å². The monoisotopic (exact) mass is 455 g/mol. The van der Waals surface area contributed by atoms with E-state index in [4.69, 9.17) is 9.47 Å². The number of methoxy groups -OCH3 is 1. The van der Waals surface area contributed by atoms with Crippen molar-refractivity contribution in [2.75, 3.05) is 12.4 Å². The number of hydrogen-bond donors (Lipinski definition) is 2. The zero-order valence-electron chi connectivity index (χ0n) is 19.0. The highest BCUT2D eigenvalue weighted by Crippen LogP contribution is 2.29. The van der Waals surface area contributed by atoms with Gasteiger partial charge in [0.1, 0.15) is 12.4 Å². The van der Waals surface area contributed by atoms with Gasteiger partial charge in [-0.25, -0.2) is 4.98 Å². The molecule has 0 saturated carbocycles. The lowest BCUT2D eigenvalue weighted by Gasteiger charge is -2.13. The van der Waals surface area contributed by atoms with E-state index in [0.29, 0.717) is 52.9 Å². The van der Waals surface area contributed by atoms with Crippen LogP contribution in [-0.2, 0) is 13.0 Å². The summed E-state index contributed by atoms with van der Waals surface area (Å²) in [6, 6.07) is 23.5. The molecule has 1 aromatic heterocycles. The maximum absolute atomic E-state index is 12.9. The number of nitrogens with zero attached hydrogens (tertiary/aromatic N) is 1. The van der Waals surface area contributed by atoms with E-state index >= 15 is 0 Å². The third-order valence-electron chi connectivity index (χ3n) is 5.21. The van der Waals surface area contributed by atoms with Crippen LogP contribution in [0.5, 0.6) is 11.5 Å². The predicted molar refractivity (Wildman–Crippen MR) is 131 cm³/mol. The minimum atomic E-state index is -0.297.